The van der Waals surface area contributed by atoms with Crippen molar-refractivity contribution in [3.8, 4) is 0 Å². The lowest BCUT2D eigenvalue weighted by Gasteiger charge is -2.31. The van der Waals surface area contributed by atoms with E-state index in [0.717, 1.165) is 18.3 Å². The number of carbonyl (C=O) groups is 1. The van der Waals surface area contributed by atoms with Gasteiger partial charge in [-0.3, -0.25) is 4.79 Å². The number of ketones is 1. The molecule has 2 atom stereocenters. The number of hydrogen-bond acceptors (Lipinski definition) is 1. The van der Waals surface area contributed by atoms with Gasteiger partial charge in [-0.05, 0) is 37.0 Å². The lowest BCUT2D eigenvalue weighted by molar-refractivity contribution is -0.123. The van der Waals surface area contributed by atoms with Crippen molar-refractivity contribution in [2.75, 3.05) is 0 Å². The van der Waals surface area contributed by atoms with Crippen LogP contribution in [0.4, 0.5) is 0 Å². The zero-order chi connectivity index (χ0) is 12.9. The molecular formula is C15H30O. The van der Waals surface area contributed by atoms with E-state index in [-0.39, 0.29) is 11.3 Å². The maximum absolute atomic E-state index is 11.4. The maximum atomic E-state index is 11.4. The Morgan fingerprint density at radius 1 is 1.12 bits per heavy atom. The molecule has 0 aliphatic carbocycles. The highest BCUT2D eigenvalue weighted by molar-refractivity contribution is 5.78. The van der Waals surface area contributed by atoms with Gasteiger partial charge in [0.25, 0.3) is 0 Å². The van der Waals surface area contributed by atoms with Crippen molar-refractivity contribution in [3.63, 3.8) is 0 Å². The SMILES string of the molecule is CC(=O)C(C)C(C)(C)CCC(C)CC(C)C. The summed E-state index contributed by atoms with van der Waals surface area (Å²) in [5, 5.41) is 0. The summed E-state index contributed by atoms with van der Waals surface area (Å²) in [4.78, 5) is 11.4. The summed E-state index contributed by atoms with van der Waals surface area (Å²) in [6.45, 7) is 15.1. The topological polar surface area (TPSA) is 17.1 Å². The molecular weight excluding hydrogens is 196 g/mol. The molecule has 0 saturated carbocycles. The van der Waals surface area contributed by atoms with Gasteiger partial charge in [-0.15, -0.1) is 0 Å². The Hall–Kier alpha value is -0.330. The molecule has 0 aromatic carbocycles. The van der Waals surface area contributed by atoms with Crippen molar-refractivity contribution < 1.29 is 4.79 Å². The van der Waals surface area contributed by atoms with Crippen molar-refractivity contribution in [2.24, 2.45) is 23.2 Å². The van der Waals surface area contributed by atoms with Crippen LogP contribution in [-0.4, -0.2) is 5.78 Å². The molecule has 0 fully saturated rings. The zero-order valence-corrected chi connectivity index (χ0v) is 12.3. The molecule has 0 rings (SSSR count). The molecule has 0 spiro atoms. The lowest BCUT2D eigenvalue weighted by Crippen LogP contribution is -2.27. The van der Waals surface area contributed by atoms with Gasteiger partial charge in [-0.25, -0.2) is 0 Å². The summed E-state index contributed by atoms with van der Waals surface area (Å²) in [7, 11) is 0. The fourth-order valence-electron chi connectivity index (χ4n) is 2.31. The van der Waals surface area contributed by atoms with E-state index >= 15 is 0 Å². The van der Waals surface area contributed by atoms with Crippen molar-refractivity contribution >= 4 is 5.78 Å². The normalized spacial score (nSPS) is 16.2. The molecule has 0 aliphatic rings. The maximum Gasteiger partial charge on any atom is 0.133 e. The minimum Gasteiger partial charge on any atom is -0.300 e. The minimum absolute atomic E-state index is 0.150. The second-order valence-corrected chi connectivity index (χ2v) is 6.59. The fourth-order valence-corrected chi connectivity index (χ4v) is 2.31. The van der Waals surface area contributed by atoms with E-state index in [2.05, 4.69) is 41.5 Å². The number of carbonyl (C=O) groups excluding carboxylic acids is 1. The molecule has 0 bridgehead atoms. The van der Waals surface area contributed by atoms with Gasteiger partial charge in [0.05, 0.1) is 0 Å². The Labute approximate surface area is 102 Å². The first-order valence-corrected chi connectivity index (χ1v) is 6.67. The van der Waals surface area contributed by atoms with Gasteiger partial charge < -0.3 is 0 Å². The Kier molecular flexibility index (Phi) is 6.28. The molecule has 2 unspecified atom stereocenters. The molecule has 1 nitrogen and oxygen atoms in total. The van der Waals surface area contributed by atoms with Crippen LogP contribution in [0.15, 0.2) is 0 Å². The highest BCUT2D eigenvalue weighted by Crippen LogP contribution is 2.34. The van der Waals surface area contributed by atoms with Crippen LogP contribution in [0.1, 0.15) is 67.7 Å². The zero-order valence-electron chi connectivity index (χ0n) is 12.3. The second-order valence-electron chi connectivity index (χ2n) is 6.59. The minimum atomic E-state index is 0.150. The van der Waals surface area contributed by atoms with E-state index in [4.69, 9.17) is 0 Å². The summed E-state index contributed by atoms with van der Waals surface area (Å²) in [5.41, 5.74) is 0.150. The van der Waals surface area contributed by atoms with Crippen molar-refractivity contribution in [1.29, 1.82) is 0 Å². The fraction of sp³-hybridized carbons (Fsp3) is 0.933. The molecule has 0 N–H and O–H groups in total. The average Bonchev–Trinajstić information content (AvgIpc) is 2.12. The van der Waals surface area contributed by atoms with Crippen molar-refractivity contribution in [1.82, 2.24) is 0 Å². The highest BCUT2D eigenvalue weighted by Gasteiger charge is 2.29. The first kappa shape index (κ1) is 15.7. The molecule has 0 aliphatic heterocycles. The molecule has 0 amide bonds. The number of rotatable bonds is 7. The molecule has 0 radical (unpaired) electrons. The third-order valence-electron chi connectivity index (χ3n) is 3.94. The van der Waals surface area contributed by atoms with Crippen LogP contribution in [0, 0.1) is 23.2 Å². The van der Waals surface area contributed by atoms with Gasteiger partial charge >= 0.3 is 0 Å². The first-order valence-electron chi connectivity index (χ1n) is 6.67. The molecule has 96 valence electrons. The van der Waals surface area contributed by atoms with Gasteiger partial charge in [-0.1, -0.05) is 48.0 Å². The Bertz CT molecular complexity index is 215. The Morgan fingerprint density at radius 3 is 2.00 bits per heavy atom. The summed E-state index contributed by atoms with van der Waals surface area (Å²) in [6.07, 6.45) is 3.69. The highest BCUT2D eigenvalue weighted by atomic mass is 16.1. The van der Waals surface area contributed by atoms with Gasteiger partial charge in [-0.2, -0.15) is 0 Å². The molecule has 0 aromatic heterocycles. The molecule has 0 heterocycles. The third-order valence-corrected chi connectivity index (χ3v) is 3.94. The van der Waals surface area contributed by atoms with Crippen LogP contribution in [-0.2, 0) is 4.79 Å². The van der Waals surface area contributed by atoms with Crippen LogP contribution in [0.25, 0.3) is 0 Å². The standard InChI is InChI=1S/C15H30O/c1-11(2)10-12(3)8-9-15(6,7)13(4)14(5)16/h11-13H,8-10H2,1-7H3. The van der Waals surface area contributed by atoms with Gasteiger partial charge in [0.15, 0.2) is 0 Å². The first-order chi connectivity index (χ1) is 7.16. The Morgan fingerprint density at radius 2 is 1.62 bits per heavy atom. The van der Waals surface area contributed by atoms with Crippen LogP contribution in [0.5, 0.6) is 0 Å². The monoisotopic (exact) mass is 226 g/mol. The predicted molar refractivity (Wildman–Crippen MR) is 71.5 cm³/mol. The van der Waals surface area contributed by atoms with E-state index in [0.29, 0.717) is 5.78 Å². The van der Waals surface area contributed by atoms with Gasteiger partial charge in [0, 0.05) is 5.92 Å². The molecule has 1 heteroatoms. The van der Waals surface area contributed by atoms with Crippen molar-refractivity contribution in [3.05, 3.63) is 0 Å². The predicted octanol–water partition coefficient (Wildman–Crippen LogP) is 4.70. The van der Waals surface area contributed by atoms with E-state index in [9.17, 15) is 4.79 Å². The smallest absolute Gasteiger partial charge is 0.133 e. The van der Waals surface area contributed by atoms with Crippen LogP contribution < -0.4 is 0 Å². The average molecular weight is 226 g/mol. The third kappa shape index (κ3) is 5.67. The lowest BCUT2D eigenvalue weighted by atomic mass is 9.73. The van der Waals surface area contributed by atoms with Gasteiger partial charge in [0.2, 0.25) is 0 Å². The van der Waals surface area contributed by atoms with Crippen LogP contribution >= 0.6 is 0 Å². The second kappa shape index (κ2) is 6.42. The Balaban J connectivity index is 4.12. The molecule has 16 heavy (non-hydrogen) atoms. The summed E-state index contributed by atoms with van der Waals surface area (Å²) in [5.74, 6) is 2.06. The summed E-state index contributed by atoms with van der Waals surface area (Å²) >= 11 is 0. The van der Waals surface area contributed by atoms with Crippen LogP contribution in [0.2, 0.25) is 0 Å². The van der Waals surface area contributed by atoms with Crippen molar-refractivity contribution in [2.45, 2.75) is 67.7 Å². The largest absolute Gasteiger partial charge is 0.300 e. The molecule has 0 aromatic rings. The molecule has 0 saturated heterocycles. The van der Waals surface area contributed by atoms with Crippen LogP contribution in [0.3, 0.4) is 0 Å². The quantitative estimate of drug-likeness (QED) is 0.615. The van der Waals surface area contributed by atoms with E-state index < -0.39 is 0 Å². The number of hydrogen-bond donors (Lipinski definition) is 0. The summed E-state index contributed by atoms with van der Waals surface area (Å²) < 4.78 is 0. The van der Waals surface area contributed by atoms with E-state index in [1.165, 1.54) is 12.8 Å². The number of Topliss-reactive ketones (excluding diaryl/α,β-unsaturated/α-hetero) is 1. The summed E-state index contributed by atoms with van der Waals surface area (Å²) in [6, 6.07) is 0. The van der Waals surface area contributed by atoms with E-state index in [1.807, 2.05) is 0 Å². The van der Waals surface area contributed by atoms with Gasteiger partial charge in [0.1, 0.15) is 5.78 Å². The van der Waals surface area contributed by atoms with E-state index in [1.54, 1.807) is 6.92 Å².